The minimum absolute atomic E-state index is 0.0477. The number of sulfonamides is 1. The number of carbonyl (C=O) groups is 1. The van der Waals surface area contributed by atoms with Crippen molar-refractivity contribution < 1.29 is 23.1 Å². The summed E-state index contributed by atoms with van der Waals surface area (Å²) in [5.41, 5.74) is 0.917. The van der Waals surface area contributed by atoms with Crippen molar-refractivity contribution in [1.82, 2.24) is 4.31 Å². The Morgan fingerprint density at radius 1 is 1.08 bits per heavy atom. The van der Waals surface area contributed by atoms with Gasteiger partial charge in [-0.25, -0.2) is 13.2 Å². The maximum absolute atomic E-state index is 11.9. The SMILES string of the molecule is CS(=O)(=O)N(CCOc1ccccc1C(=O)O)Cc1ccccc1. The molecular weight excluding hydrogens is 330 g/mol. The molecule has 0 heterocycles. The predicted octanol–water partition coefficient (Wildman–Crippen LogP) is 2.23. The second-order valence-corrected chi connectivity index (χ2v) is 7.21. The van der Waals surface area contributed by atoms with Crippen LogP contribution in [0.3, 0.4) is 0 Å². The quantitative estimate of drug-likeness (QED) is 0.790. The number of rotatable bonds is 8. The minimum atomic E-state index is -3.41. The average Bonchev–Trinajstić information content (AvgIpc) is 2.54. The largest absolute Gasteiger partial charge is 0.491 e. The lowest BCUT2D eigenvalue weighted by atomic mass is 10.2. The van der Waals surface area contributed by atoms with Crippen molar-refractivity contribution in [1.29, 1.82) is 0 Å². The third kappa shape index (κ3) is 5.07. The fourth-order valence-corrected chi connectivity index (χ4v) is 2.97. The number of hydrogen-bond acceptors (Lipinski definition) is 4. The van der Waals surface area contributed by atoms with Gasteiger partial charge in [-0.1, -0.05) is 42.5 Å². The molecule has 0 spiro atoms. The second kappa shape index (κ2) is 7.94. The van der Waals surface area contributed by atoms with Crippen LogP contribution in [-0.2, 0) is 16.6 Å². The monoisotopic (exact) mass is 349 g/mol. The van der Waals surface area contributed by atoms with E-state index in [2.05, 4.69) is 0 Å². The van der Waals surface area contributed by atoms with Crippen LogP contribution in [0.2, 0.25) is 0 Å². The molecule has 0 aliphatic rings. The van der Waals surface area contributed by atoms with E-state index in [1.165, 1.54) is 10.4 Å². The number of ether oxygens (including phenoxy) is 1. The first-order chi connectivity index (χ1) is 11.4. The molecule has 0 amide bonds. The summed E-state index contributed by atoms with van der Waals surface area (Å²) in [6, 6.07) is 15.5. The number of carboxylic acid groups (broad SMARTS) is 1. The molecule has 0 aliphatic heterocycles. The van der Waals surface area contributed by atoms with E-state index in [0.717, 1.165) is 11.8 Å². The van der Waals surface area contributed by atoms with Gasteiger partial charge in [-0.05, 0) is 17.7 Å². The van der Waals surface area contributed by atoms with Crippen LogP contribution in [0, 0.1) is 0 Å². The fourth-order valence-electron chi connectivity index (χ4n) is 2.18. The van der Waals surface area contributed by atoms with Crippen molar-refractivity contribution in [2.24, 2.45) is 0 Å². The molecule has 2 aromatic rings. The van der Waals surface area contributed by atoms with E-state index in [0.29, 0.717) is 0 Å². The zero-order valence-electron chi connectivity index (χ0n) is 13.3. The summed E-state index contributed by atoms with van der Waals surface area (Å²) in [6.07, 6.45) is 1.14. The van der Waals surface area contributed by atoms with Crippen molar-refractivity contribution in [3.63, 3.8) is 0 Å². The number of para-hydroxylation sites is 1. The molecule has 2 rings (SSSR count). The Morgan fingerprint density at radius 2 is 1.71 bits per heavy atom. The van der Waals surface area contributed by atoms with Gasteiger partial charge in [-0.3, -0.25) is 0 Å². The Bertz CT molecular complexity index is 790. The van der Waals surface area contributed by atoms with Crippen molar-refractivity contribution in [3.05, 3.63) is 65.7 Å². The number of aromatic carboxylic acids is 1. The number of hydrogen-bond donors (Lipinski definition) is 1. The molecule has 0 aliphatic carbocycles. The normalized spacial score (nSPS) is 11.4. The van der Waals surface area contributed by atoms with Crippen LogP contribution in [0.5, 0.6) is 5.75 Å². The van der Waals surface area contributed by atoms with Crippen LogP contribution >= 0.6 is 0 Å². The maximum Gasteiger partial charge on any atom is 0.339 e. The van der Waals surface area contributed by atoms with Crippen LogP contribution in [0.25, 0.3) is 0 Å². The van der Waals surface area contributed by atoms with Crippen molar-refractivity contribution in [3.8, 4) is 5.75 Å². The van der Waals surface area contributed by atoms with E-state index in [-0.39, 0.29) is 31.0 Å². The first-order valence-electron chi connectivity index (χ1n) is 7.32. The summed E-state index contributed by atoms with van der Waals surface area (Å²) in [4.78, 5) is 11.1. The van der Waals surface area contributed by atoms with Gasteiger partial charge in [0.2, 0.25) is 10.0 Å². The Balaban J connectivity index is 2.03. The van der Waals surface area contributed by atoms with Crippen molar-refractivity contribution in [2.75, 3.05) is 19.4 Å². The molecule has 0 fully saturated rings. The van der Waals surface area contributed by atoms with E-state index in [4.69, 9.17) is 9.84 Å². The van der Waals surface area contributed by atoms with Crippen molar-refractivity contribution >= 4 is 16.0 Å². The molecule has 2 aromatic carbocycles. The fraction of sp³-hybridized carbons (Fsp3) is 0.235. The predicted molar refractivity (Wildman–Crippen MR) is 90.6 cm³/mol. The lowest BCUT2D eigenvalue weighted by Gasteiger charge is -2.20. The molecular formula is C17H19NO5S. The van der Waals surface area contributed by atoms with Gasteiger partial charge >= 0.3 is 5.97 Å². The van der Waals surface area contributed by atoms with Gasteiger partial charge in [0.25, 0.3) is 0 Å². The third-order valence-electron chi connectivity index (χ3n) is 3.39. The standard InChI is InChI=1S/C17H19NO5S/c1-24(21,22)18(13-14-7-3-2-4-8-14)11-12-23-16-10-6-5-9-15(16)17(19)20/h2-10H,11-13H2,1H3,(H,19,20). The molecule has 24 heavy (non-hydrogen) atoms. The Kier molecular flexibility index (Phi) is 5.94. The smallest absolute Gasteiger partial charge is 0.339 e. The molecule has 7 heteroatoms. The first kappa shape index (κ1) is 18.0. The van der Waals surface area contributed by atoms with E-state index in [9.17, 15) is 13.2 Å². The van der Waals surface area contributed by atoms with Crippen LogP contribution in [0.4, 0.5) is 0 Å². The highest BCUT2D eigenvalue weighted by atomic mass is 32.2. The molecule has 0 unspecified atom stereocenters. The average molecular weight is 349 g/mol. The maximum atomic E-state index is 11.9. The zero-order chi connectivity index (χ0) is 17.6. The van der Waals surface area contributed by atoms with Crippen LogP contribution in [0.1, 0.15) is 15.9 Å². The van der Waals surface area contributed by atoms with Gasteiger partial charge < -0.3 is 9.84 Å². The van der Waals surface area contributed by atoms with Gasteiger partial charge in [0.1, 0.15) is 17.9 Å². The van der Waals surface area contributed by atoms with Crippen LogP contribution in [0.15, 0.2) is 54.6 Å². The second-order valence-electron chi connectivity index (χ2n) is 5.23. The summed E-state index contributed by atoms with van der Waals surface area (Å²) in [5.74, 6) is -0.868. The Labute approximate surface area is 141 Å². The molecule has 6 nitrogen and oxygen atoms in total. The number of carboxylic acids is 1. The highest BCUT2D eigenvalue weighted by molar-refractivity contribution is 7.88. The third-order valence-corrected chi connectivity index (χ3v) is 4.64. The molecule has 0 radical (unpaired) electrons. The minimum Gasteiger partial charge on any atom is -0.491 e. The lowest BCUT2D eigenvalue weighted by molar-refractivity contribution is 0.0692. The van der Waals surface area contributed by atoms with Gasteiger partial charge in [0, 0.05) is 13.1 Å². The Morgan fingerprint density at radius 3 is 2.33 bits per heavy atom. The first-order valence-corrected chi connectivity index (χ1v) is 9.17. The summed E-state index contributed by atoms with van der Waals surface area (Å²) in [6.45, 7) is 0.426. The molecule has 1 N–H and O–H groups in total. The topological polar surface area (TPSA) is 83.9 Å². The highest BCUT2D eigenvalue weighted by Gasteiger charge is 2.17. The van der Waals surface area contributed by atoms with E-state index in [1.54, 1.807) is 18.2 Å². The summed E-state index contributed by atoms with van der Waals surface area (Å²) < 4.78 is 30.6. The zero-order valence-corrected chi connectivity index (χ0v) is 14.1. The van der Waals surface area contributed by atoms with E-state index >= 15 is 0 Å². The van der Waals surface area contributed by atoms with Crippen molar-refractivity contribution in [2.45, 2.75) is 6.54 Å². The summed E-state index contributed by atoms with van der Waals surface area (Å²) >= 11 is 0. The van der Waals surface area contributed by atoms with Gasteiger partial charge in [0.15, 0.2) is 0 Å². The summed E-state index contributed by atoms with van der Waals surface area (Å²) in [7, 11) is -3.41. The Hall–Kier alpha value is -2.38. The highest BCUT2D eigenvalue weighted by Crippen LogP contribution is 2.18. The van der Waals surface area contributed by atoms with Crippen LogP contribution in [-0.4, -0.2) is 43.2 Å². The molecule has 0 atom stereocenters. The van der Waals surface area contributed by atoms with E-state index < -0.39 is 16.0 Å². The molecule has 0 aromatic heterocycles. The van der Waals surface area contributed by atoms with Gasteiger partial charge in [0.05, 0.1) is 6.26 Å². The van der Waals surface area contributed by atoms with Gasteiger partial charge in [-0.2, -0.15) is 4.31 Å². The van der Waals surface area contributed by atoms with Crippen LogP contribution < -0.4 is 4.74 Å². The molecule has 0 saturated carbocycles. The molecule has 0 bridgehead atoms. The lowest BCUT2D eigenvalue weighted by Crippen LogP contribution is -2.33. The molecule has 0 saturated heterocycles. The van der Waals surface area contributed by atoms with E-state index in [1.807, 2.05) is 30.3 Å². The number of nitrogens with zero attached hydrogens (tertiary/aromatic N) is 1. The summed E-state index contributed by atoms with van der Waals surface area (Å²) in [5, 5.41) is 9.11. The van der Waals surface area contributed by atoms with Gasteiger partial charge in [-0.15, -0.1) is 0 Å². The molecule has 128 valence electrons. The number of benzene rings is 2.